The minimum Gasteiger partial charge on any atom is -0.315 e. The van der Waals surface area contributed by atoms with Crippen LogP contribution in [0.5, 0.6) is 0 Å². The molecule has 1 aliphatic rings. The van der Waals surface area contributed by atoms with E-state index in [4.69, 9.17) is 0 Å². The lowest BCUT2D eigenvalue weighted by Crippen LogP contribution is -2.36. The van der Waals surface area contributed by atoms with Gasteiger partial charge in [0.1, 0.15) is 0 Å². The van der Waals surface area contributed by atoms with Gasteiger partial charge in [0, 0.05) is 19.1 Å². The molecule has 0 saturated carbocycles. The van der Waals surface area contributed by atoms with E-state index in [9.17, 15) is 13.2 Å². The molecule has 1 aromatic carbocycles. The molecule has 1 unspecified atom stereocenters. The van der Waals surface area contributed by atoms with Crippen molar-refractivity contribution >= 4 is 0 Å². The summed E-state index contributed by atoms with van der Waals surface area (Å²) < 4.78 is 38.8. The molecule has 1 fully saturated rings. The SMILES string of the molecule is CCN(Cc1ccccc1C(F)(F)F)C1CCNC1. The highest BCUT2D eigenvalue weighted by molar-refractivity contribution is 5.29. The van der Waals surface area contributed by atoms with Crippen molar-refractivity contribution < 1.29 is 13.2 Å². The fourth-order valence-corrected chi connectivity index (χ4v) is 2.60. The molecule has 1 aromatic rings. The Hall–Kier alpha value is -1.07. The Kier molecular flexibility index (Phi) is 4.47. The van der Waals surface area contributed by atoms with Crippen molar-refractivity contribution in [2.45, 2.75) is 32.1 Å². The van der Waals surface area contributed by atoms with Gasteiger partial charge in [-0.3, -0.25) is 4.90 Å². The monoisotopic (exact) mass is 272 g/mol. The Morgan fingerprint density at radius 1 is 1.32 bits per heavy atom. The van der Waals surface area contributed by atoms with Crippen LogP contribution in [0.15, 0.2) is 24.3 Å². The van der Waals surface area contributed by atoms with Crippen molar-refractivity contribution in [1.29, 1.82) is 0 Å². The standard InChI is InChI=1S/C14H19F3N2/c1-2-19(12-7-8-18-9-12)10-11-5-3-4-6-13(11)14(15,16)17/h3-6,12,18H,2,7-10H2,1H3. The minimum atomic E-state index is -4.27. The van der Waals surface area contributed by atoms with Gasteiger partial charge >= 0.3 is 6.18 Å². The molecular formula is C14H19F3N2. The number of hydrogen-bond donors (Lipinski definition) is 1. The number of nitrogens with zero attached hydrogens (tertiary/aromatic N) is 1. The van der Waals surface area contributed by atoms with Crippen LogP contribution in [0.3, 0.4) is 0 Å². The average molecular weight is 272 g/mol. The highest BCUT2D eigenvalue weighted by Crippen LogP contribution is 2.32. The molecule has 5 heteroatoms. The molecule has 2 nitrogen and oxygen atoms in total. The number of hydrogen-bond acceptors (Lipinski definition) is 2. The first-order valence-electron chi connectivity index (χ1n) is 6.62. The van der Waals surface area contributed by atoms with E-state index in [1.54, 1.807) is 12.1 Å². The van der Waals surface area contributed by atoms with Gasteiger partial charge in [-0.25, -0.2) is 0 Å². The Morgan fingerprint density at radius 3 is 2.63 bits per heavy atom. The van der Waals surface area contributed by atoms with Gasteiger partial charge in [0.2, 0.25) is 0 Å². The topological polar surface area (TPSA) is 15.3 Å². The highest BCUT2D eigenvalue weighted by atomic mass is 19.4. The van der Waals surface area contributed by atoms with Crippen LogP contribution in [0, 0.1) is 0 Å². The summed E-state index contributed by atoms with van der Waals surface area (Å²) in [6.45, 7) is 4.93. The molecule has 1 heterocycles. The van der Waals surface area contributed by atoms with E-state index in [2.05, 4.69) is 10.2 Å². The van der Waals surface area contributed by atoms with Gasteiger partial charge in [-0.2, -0.15) is 13.2 Å². The van der Waals surface area contributed by atoms with Crippen molar-refractivity contribution in [3.63, 3.8) is 0 Å². The first-order valence-corrected chi connectivity index (χ1v) is 6.62. The molecular weight excluding hydrogens is 253 g/mol. The Bertz CT molecular complexity index is 411. The summed E-state index contributed by atoms with van der Waals surface area (Å²) in [5, 5.41) is 3.25. The summed E-state index contributed by atoms with van der Waals surface area (Å²) in [6, 6.07) is 6.20. The summed E-state index contributed by atoms with van der Waals surface area (Å²) >= 11 is 0. The third kappa shape index (κ3) is 3.48. The largest absolute Gasteiger partial charge is 0.416 e. The van der Waals surface area contributed by atoms with Gasteiger partial charge in [-0.1, -0.05) is 25.1 Å². The fraction of sp³-hybridized carbons (Fsp3) is 0.571. The first-order chi connectivity index (χ1) is 9.02. The first kappa shape index (κ1) is 14.3. The zero-order valence-corrected chi connectivity index (χ0v) is 11.0. The van der Waals surface area contributed by atoms with E-state index in [0.717, 1.165) is 32.1 Å². The van der Waals surface area contributed by atoms with Crippen LogP contribution < -0.4 is 5.32 Å². The van der Waals surface area contributed by atoms with Crippen molar-refractivity contribution in [2.75, 3.05) is 19.6 Å². The van der Waals surface area contributed by atoms with Crippen molar-refractivity contribution in [3.05, 3.63) is 35.4 Å². The lowest BCUT2D eigenvalue weighted by atomic mass is 10.1. The zero-order valence-electron chi connectivity index (χ0n) is 11.0. The van der Waals surface area contributed by atoms with E-state index < -0.39 is 11.7 Å². The minimum absolute atomic E-state index is 0.339. The maximum atomic E-state index is 12.9. The molecule has 0 amide bonds. The van der Waals surface area contributed by atoms with E-state index in [0.29, 0.717) is 18.2 Å². The summed E-state index contributed by atoms with van der Waals surface area (Å²) in [7, 11) is 0. The maximum Gasteiger partial charge on any atom is 0.416 e. The van der Waals surface area contributed by atoms with E-state index in [-0.39, 0.29) is 0 Å². The number of likely N-dealkylation sites (N-methyl/N-ethyl adjacent to an activating group) is 1. The predicted octanol–water partition coefficient (Wildman–Crippen LogP) is 2.89. The van der Waals surface area contributed by atoms with E-state index in [1.165, 1.54) is 6.07 Å². The Balaban J connectivity index is 2.17. The highest BCUT2D eigenvalue weighted by Gasteiger charge is 2.33. The summed E-state index contributed by atoms with van der Waals surface area (Å²) in [6.07, 6.45) is -3.27. The van der Waals surface area contributed by atoms with Crippen LogP contribution in [-0.2, 0) is 12.7 Å². The molecule has 1 aliphatic heterocycles. The van der Waals surface area contributed by atoms with Crippen LogP contribution in [0.4, 0.5) is 13.2 Å². The molecule has 0 radical (unpaired) electrons. The molecule has 0 bridgehead atoms. The van der Waals surface area contributed by atoms with Gasteiger partial charge < -0.3 is 5.32 Å². The lowest BCUT2D eigenvalue weighted by Gasteiger charge is -2.28. The summed E-state index contributed by atoms with van der Waals surface area (Å²) in [4.78, 5) is 2.12. The number of rotatable bonds is 4. The second-order valence-corrected chi connectivity index (χ2v) is 4.86. The van der Waals surface area contributed by atoms with Crippen LogP contribution >= 0.6 is 0 Å². The fourth-order valence-electron chi connectivity index (χ4n) is 2.60. The molecule has 1 N–H and O–H groups in total. The van der Waals surface area contributed by atoms with E-state index >= 15 is 0 Å². The maximum absolute atomic E-state index is 12.9. The second-order valence-electron chi connectivity index (χ2n) is 4.86. The summed E-state index contributed by atoms with van der Waals surface area (Å²) in [5.74, 6) is 0. The normalized spacial score (nSPS) is 20.2. The number of benzene rings is 1. The van der Waals surface area contributed by atoms with Gasteiger partial charge in [0.25, 0.3) is 0 Å². The number of nitrogens with one attached hydrogen (secondary N) is 1. The van der Waals surface area contributed by atoms with Crippen LogP contribution in [0.1, 0.15) is 24.5 Å². The molecule has 106 valence electrons. The smallest absolute Gasteiger partial charge is 0.315 e. The molecule has 1 saturated heterocycles. The second kappa shape index (κ2) is 5.92. The number of alkyl halides is 3. The van der Waals surface area contributed by atoms with Crippen molar-refractivity contribution in [3.8, 4) is 0 Å². The van der Waals surface area contributed by atoms with Crippen molar-refractivity contribution in [1.82, 2.24) is 10.2 Å². The molecule has 19 heavy (non-hydrogen) atoms. The Morgan fingerprint density at radius 2 is 2.05 bits per heavy atom. The molecule has 2 rings (SSSR count). The van der Waals surface area contributed by atoms with Gasteiger partial charge in [-0.15, -0.1) is 0 Å². The van der Waals surface area contributed by atoms with Gasteiger partial charge in [0.15, 0.2) is 0 Å². The van der Waals surface area contributed by atoms with Gasteiger partial charge in [-0.05, 0) is 31.1 Å². The molecule has 1 atom stereocenters. The Labute approximate surface area is 111 Å². The van der Waals surface area contributed by atoms with Crippen LogP contribution in [0.25, 0.3) is 0 Å². The molecule has 0 aliphatic carbocycles. The molecule has 0 aromatic heterocycles. The van der Waals surface area contributed by atoms with Gasteiger partial charge in [0.05, 0.1) is 5.56 Å². The summed E-state index contributed by atoms with van der Waals surface area (Å²) in [5.41, 5.74) is -0.150. The molecule has 0 spiro atoms. The third-order valence-electron chi connectivity index (χ3n) is 3.65. The van der Waals surface area contributed by atoms with Crippen molar-refractivity contribution in [2.24, 2.45) is 0 Å². The quantitative estimate of drug-likeness (QED) is 0.906. The van der Waals surface area contributed by atoms with Crippen LogP contribution in [0.2, 0.25) is 0 Å². The third-order valence-corrected chi connectivity index (χ3v) is 3.65. The van der Waals surface area contributed by atoms with Crippen LogP contribution in [-0.4, -0.2) is 30.6 Å². The van der Waals surface area contributed by atoms with E-state index in [1.807, 2.05) is 6.92 Å². The predicted molar refractivity (Wildman–Crippen MR) is 68.8 cm³/mol. The number of halogens is 3. The zero-order chi connectivity index (χ0) is 13.9. The lowest BCUT2D eigenvalue weighted by molar-refractivity contribution is -0.138. The average Bonchev–Trinajstić information content (AvgIpc) is 2.89.